The van der Waals surface area contributed by atoms with Crippen molar-refractivity contribution < 1.29 is 4.79 Å². The molecule has 0 fully saturated rings. The van der Waals surface area contributed by atoms with Crippen molar-refractivity contribution in [3.63, 3.8) is 0 Å². The molecule has 1 heterocycles. The Morgan fingerprint density at radius 1 is 1.07 bits per heavy atom. The van der Waals surface area contributed by atoms with E-state index < -0.39 is 0 Å². The molecule has 0 radical (unpaired) electrons. The lowest BCUT2D eigenvalue weighted by molar-refractivity contribution is 0.102. The quantitative estimate of drug-likeness (QED) is 0.709. The van der Waals surface area contributed by atoms with Crippen LogP contribution in [0.3, 0.4) is 0 Å². The minimum Gasteiger partial charge on any atom is -0.320 e. The standard InChI is InChI=1S/C22H24N4O/c1-5-26(18-10-6-8-15(2)14-18)22-23-13-12-20(25-22)21(27)24-19-11-7-9-16(3)17(19)4/h6-14H,5H2,1-4H3,(H,24,27). The fourth-order valence-corrected chi connectivity index (χ4v) is 2.91. The zero-order chi connectivity index (χ0) is 19.4. The van der Waals surface area contributed by atoms with E-state index in [1.54, 1.807) is 12.3 Å². The summed E-state index contributed by atoms with van der Waals surface area (Å²) in [4.78, 5) is 23.6. The highest BCUT2D eigenvalue weighted by Crippen LogP contribution is 2.23. The average molecular weight is 360 g/mol. The highest BCUT2D eigenvalue weighted by molar-refractivity contribution is 6.03. The van der Waals surface area contributed by atoms with Gasteiger partial charge in [-0.25, -0.2) is 9.97 Å². The number of hydrogen-bond donors (Lipinski definition) is 1. The zero-order valence-electron chi connectivity index (χ0n) is 16.2. The summed E-state index contributed by atoms with van der Waals surface area (Å²) in [6, 6.07) is 15.6. The molecule has 0 bridgehead atoms. The third-order valence-corrected chi connectivity index (χ3v) is 4.60. The van der Waals surface area contributed by atoms with E-state index in [1.807, 2.05) is 69.0 Å². The zero-order valence-corrected chi connectivity index (χ0v) is 16.2. The fraction of sp³-hybridized carbons (Fsp3) is 0.227. The minimum atomic E-state index is -0.243. The molecule has 1 amide bonds. The SMILES string of the molecule is CCN(c1cccc(C)c1)c1nccc(C(=O)Nc2cccc(C)c2C)n1. The molecule has 0 atom stereocenters. The van der Waals surface area contributed by atoms with Gasteiger partial charge in [0, 0.05) is 24.1 Å². The number of carbonyl (C=O) groups is 1. The number of nitrogens with zero attached hydrogens (tertiary/aromatic N) is 3. The third-order valence-electron chi connectivity index (χ3n) is 4.60. The van der Waals surface area contributed by atoms with Crippen molar-refractivity contribution in [2.45, 2.75) is 27.7 Å². The Kier molecular flexibility index (Phi) is 5.50. The van der Waals surface area contributed by atoms with E-state index >= 15 is 0 Å². The van der Waals surface area contributed by atoms with E-state index in [4.69, 9.17) is 0 Å². The third kappa shape index (κ3) is 4.14. The van der Waals surface area contributed by atoms with Gasteiger partial charge in [-0.3, -0.25) is 4.79 Å². The summed E-state index contributed by atoms with van der Waals surface area (Å²) < 4.78 is 0. The van der Waals surface area contributed by atoms with Gasteiger partial charge in [-0.2, -0.15) is 0 Å². The first-order valence-corrected chi connectivity index (χ1v) is 9.04. The summed E-state index contributed by atoms with van der Waals surface area (Å²) in [6.07, 6.45) is 1.62. The monoisotopic (exact) mass is 360 g/mol. The number of carbonyl (C=O) groups excluding carboxylic acids is 1. The van der Waals surface area contributed by atoms with E-state index in [1.165, 1.54) is 0 Å². The van der Waals surface area contributed by atoms with Crippen LogP contribution < -0.4 is 10.2 Å². The van der Waals surface area contributed by atoms with Crippen LogP contribution in [0.25, 0.3) is 0 Å². The molecule has 3 aromatic rings. The number of hydrogen-bond acceptors (Lipinski definition) is 4. The van der Waals surface area contributed by atoms with Gasteiger partial charge in [-0.15, -0.1) is 0 Å². The Hall–Kier alpha value is -3.21. The van der Waals surface area contributed by atoms with Crippen molar-refractivity contribution in [1.29, 1.82) is 0 Å². The summed E-state index contributed by atoms with van der Waals surface area (Å²) in [5.41, 5.74) is 5.49. The Balaban J connectivity index is 1.88. The second kappa shape index (κ2) is 7.99. The first-order chi connectivity index (χ1) is 13.0. The van der Waals surface area contributed by atoms with Gasteiger partial charge in [-0.05, 0) is 68.7 Å². The van der Waals surface area contributed by atoms with Crippen LogP contribution in [0.1, 0.15) is 34.1 Å². The normalized spacial score (nSPS) is 10.5. The summed E-state index contributed by atoms with van der Waals surface area (Å²) in [7, 11) is 0. The van der Waals surface area contributed by atoms with Crippen molar-refractivity contribution in [1.82, 2.24) is 9.97 Å². The maximum absolute atomic E-state index is 12.7. The average Bonchev–Trinajstić information content (AvgIpc) is 2.66. The number of amides is 1. The molecule has 0 aliphatic carbocycles. The topological polar surface area (TPSA) is 58.1 Å². The Labute approximate surface area is 160 Å². The van der Waals surface area contributed by atoms with Crippen LogP contribution in [-0.2, 0) is 0 Å². The van der Waals surface area contributed by atoms with Crippen LogP contribution in [0.15, 0.2) is 54.7 Å². The molecule has 1 aromatic heterocycles. The molecular formula is C22H24N4O. The van der Waals surface area contributed by atoms with Crippen molar-refractivity contribution in [3.05, 3.63) is 77.1 Å². The molecular weight excluding hydrogens is 336 g/mol. The van der Waals surface area contributed by atoms with Gasteiger partial charge in [0.05, 0.1) is 0 Å². The number of benzene rings is 2. The second-order valence-electron chi connectivity index (χ2n) is 6.53. The number of aromatic nitrogens is 2. The Morgan fingerprint density at radius 2 is 1.85 bits per heavy atom. The van der Waals surface area contributed by atoms with Gasteiger partial charge in [0.15, 0.2) is 0 Å². The number of rotatable bonds is 5. The van der Waals surface area contributed by atoms with Gasteiger partial charge in [0.2, 0.25) is 5.95 Å². The van der Waals surface area contributed by atoms with E-state index in [9.17, 15) is 4.79 Å². The van der Waals surface area contributed by atoms with Gasteiger partial charge < -0.3 is 10.2 Å². The lowest BCUT2D eigenvalue weighted by atomic mass is 10.1. The number of nitrogens with one attached hydrogen (secondary N) is 1. The van der Waals surface area contributed by atoms with Crippen molar-refractivity contribution in [3.8, 4) is 0 Å². The molecule has 0 aliphatic heterocycles. The van der Waals surface area contributed by atoms with Crippen molar-refractivity contribution in [2.75, 3.05) is 16.8 Å². The summed E-state index contributed by atoms with van der Waals surface area (Å²) in [5.74, 6) is 0.268. The molecule has 5 heteroatoms. The maximum atomic E-state index is 12.7. The predicted octanol–water partition coefficient (Wildman–Crippen LogP) is 4.81. The van der Waals surface area contributed by atoms with Crippen molar-refractivity contribution >= 4 is 23.2 Å². The van der Waals surface area contributed by atoms with Crippen molar-refractivity contribution in [2.24, 2.45) is 0 Å². The van der Waals surface area contributed by atoms with Gasteiger partial charge >= 0.3 is 0 Å². The van der Waals surface area contributed by atoms with Gasteiger partial charge in [0.1, 0.15) is 5.69 Å². The summed E-state index contributed by atoms with van der Waals surface area (Å²) in [5, 5.41) is 2.95. The molecule has 0 spiro atoms. The maximum Gasteiger partial charge on any atom is 0.274 e. The fourth-order valence-electron chi connectivity index (χ4n) is 2.91. The first kappa shape index (κ1) is 18.6. The largest absolute Gasteiger partial charge is 0.320 e. The smallest absolute Gasteiger partial charge is 0.274 e. The second-order valence-corrected chi connectivity index (χ2v) is 6.53. The van der Waals surface area contributed by atoms with Crippen LogP contribution in [0.2, 0.25) is 0 Å². The lowest BCUT2D eigenvalue weighted by Gasteiger charge is -2.21. The highest BCUT2D eigenvalue weighted by Gasteiger charge is 2.15. The van der Waals surface area contributed by atoms with E-state index in [-0.39, 0.29) is 5.91 Å². The van der Waals surface area contributed by atoms with E-state index in [0.29, 0.717) is 18.2 Å². The molecule has 3 rings (SSSR count). The minimum absolute atomic E-state index is 0.243. The predicted molar refractivity (Wildman–Crippen MR) is 110 cm³/mol. The molecule has 138 valence electrons. The Morgan fingerprint density at radius 3 is 2.59 bits per heavy atom. The van der Waals surface area contributed by atoms with Crippen LogP contribution in [0.4, 0.5) is 17.3 Å². The number of anilines is 3. The van der Waals surface area contributed by atoms with Crippen LogP contribution in [0.5, 0.6) is 0 Å². The van der Waals surface area contributed by atoms with Crippen LogP contribution >= 0.6 is 0 Å². The lowest BCUT2D eigenvalue weighted by Crippen LogP contribution is -2.21. The van der Waals surface area contributed by atoms with Gasteiger partial charge in [-0.1, -0.05) is 24.3 Å². The highest BCUT2D eigenvalue weighted by atomic mass is 16.1. The molecule has 27 heavy (non-hydrogen) atoms. The number of aryl methyl sites for hydroxylation is 2. The van der Waals surface area contributed by atoms with Crippen LogP contribution in [0, 0.1) is 20.8 Å². The molecule has 2 aromatic carbocycles. The molecule has 0 unspecified atom stereocenters. The summed E-state index contributed by atoms with van der Waals surface area (Å²) in [6.45, 7) is 8.80. The molecule has 0 aliphatic rings. The Bertz CT molecular complexity index is 968. The molecule has 5 nitrogen and oxygen atoms in total. The van der Waals surface area contributed by atoms with E-state index in [0.717, 1.165) is 28.1 Å². The van der Waals surface area contributed by atoms with E-state index in [2.05, 4.69) is 21.4 Å². The first-order valence-electron chi connectivity index (χ1n) is 9.04. The van der Waals surface area contributed by atoms with Gasteiger partial charge in [0.25, 0.3) is 5.91 Å². The summed E-state index contributed by atoms with van der Waals surface area (Å²) >= 11 is 0. The van der Waals surface area contributed by atoms with Crippen LogP contribution in [-0.4, -0.2) is 22.4 Å². The molecule has 0 saturated carbocycles. The molecule has 0 saturated heterocycles. The molecule has 1 N–H and O–H groups in total.